The van der Waals surface area contributed by atoms with Crippen molar-refractivity contribution in [1.29, 1.82) is 0 Å². The van der Waals surface area contributed by atoms with Crippen LogP contribution in [0.2, 0.25) is 0 Å². The van der Waals surface area contributed by atoms with E-state index in [2.05, 4.69) is 4.98 Å². The van der Waals surface area contributed by atoms with Gasteiger partial charge in [-0.2, -0.15) is 0 Å². The number of carbonyl (C=O) groups is 1. The van der Waals surface area contributed by atoms with Crippen molar-refractivity contribution in [2.75, 3.05) is 18.6 Å². The topological polar surface area (TPSA) is 97.1 Å². The quantitative estimate of drug-likeness (QED) is 0.519. The van der Waals surface area contributed by atoms with Crippen LogP contribution in [0.25, 0.3) is 33.7 Å². The van der Waals surface area contributed by atoms with E-state index in [1.54, 1.807) is 7.11 Å². The summed E-state index contributed by atoms with van der Waals surface area (Å²) in [5.41, 5.74) is 9.23. The molecule has 4 aromatic rings. The smallest absolute Gasteiger partial charge is 0.240 e. The van der Waals surface area contributed by atoms with E-state index in [0.29, 0.717) is 5.82 Å². The van der Waals surface area contributed by atoms with E-state index in [4.69, 9.17) is 20.4 Å². The van der Waals surface area contributed by atoms with Gasteiger partial charge in [0.15, 0.2) is 5.82 Å². The molecule has 1 atom stereocenters. The second-order valence-corrected chi connectivity index (χ2v) is 7.67. The molecule has 0 bridgehead atoms. The summed E-state index contributed by atoms with van der Waals surface area (Å²) >= 11 is 0. The molecule has 0 aliphatic carbocycles. The molecule has 0 saturated carbocycles. The fourth-order valence-electron chi connectivity index (χ4n) is 4.19. The maximum absolute atomic E-state index is 12.1. The lowest BCUT2D eigenvalue weighted by molar-refractivity contribution is -0.119. The number of amides is 1. The van der Waals surface area contributed by atoms with E-state index in [-0.39, 0.29) is 11.9 Å². The minimum Gasteiger partial charge on any atom is -0.497 e. The van der Waals surface area contributed by atoms with Gasteiger partial charge in [-0.3, -0.25) is 4.79 Å². The first kappa shape index (κ1) is 19.1. The normalized spacial score (nSPS) is 16.0. The van der Waals surface area contributed by atoms with Gasteiger partial charge in [-0.15, -0.1) is 0 Å². The molecule has 0 unspecified atom stereocenters. The number of anilines is 1. The number of methoxy groups -OCH3 is 1. The molecule has 31 heavy (non-hydrogen) atoms. The first-order valence-electron chi connectivity index (χ1n) is 10.3. The molecule has 0 radical (unpaired) electrons. The molecule has 1 fully saturated rings. The predicted octanol–water partition coefficient (Wildman–Crippen LogP) is 3.75. The van der Waals surface area contributed by atoms with Crippen LogP contribution in [0.5, 0.6) is 5.75 Å². The summed E-state index contributed by atoms with van der Waals surface area (Å²) in [7, 11) is 1.65. The monoisotopic (exact) mass is 413 g/mol. The van der Waals surface area contributed by atoms with Gasteiger partial charge in [0.2, 0.25) is 5.91 Å². The van der Waals surface area contributed by atoms with Crippen LogP contribution in [0.1, 0.15) is 12.8 Å². The number of nitrogens with zero attached hydrogens (tertiary/aromatic N) is 3. The first-order chi connectivity index (χ1) is 15.1. The van der Waals surface area contributed by atoms with Crippen molar-refractivity contribution in [3.63, 3.8) is 0 Å². The lowest BCUT2D eigenvalue weighted by atomic mass is 10.1. The van der Waals surface area contributed by atoms with E-state index < -0.39 is 0 Å². The lowest BCUT2D eigenvalue weighted by Crippen LogP contribution is -2.40. The number of benzene rings is 2. The Morgan fingerprint density at radius 1 is 1.10 bits per heavy atom. The third-order valence-electron chi connectivity index (χ3n) is 5.73. The SMILES string of the molecule is COc1cccc(-c2cc3c(N4CCC[C@@H]4C(N)=O)nc(-c4ccccc4)nc3[nH]2)c1. The van der Waals surface area contributed by atoms with Gasteiger partial charge in [0.25, 0.3) is 0 Å². The molecule has 7 nitrogen and oxygen atoms in total. The van der Waals surface area contributed by atoms with Gasteiger partial charge in [0.1, 0.15) is 23.3 Å². The zero-order valence-corrected chi connectivity index (χ0v) is 17.2. The van der Waals surface area contributed by atoms with Crippen molar-refractivity contribution in [1.82, 2.24) is 15.0 Å². The number of primary amides is 1. The van der Waals surface area contributed by atoms with E-state index in [1.807, 2.05) is 65.6 Å². The third kappa shape index (κ3) is 3.48. The van der Waals surface area contributed by atoms with Crippen LogP contribution in [0, 0.1) is 0 Å². The molecular formula is C24H23N5O2. The van der Waals surface area contributed by atoms with Crippen LogP contribution in [-0.2, 0) is 4.79 Å². The Balaban J connectivity index is 1.70. The zero-order chi connectivity index (χ0) is 21.4. The third-order valence-corrected chi connectivity index (χ3v) is 5.73. The summed E-state index contributed by atoms with van der Waals surface area (Å²) in [6, 6.07) is 19.3. The number of aromatic amines is 1. The molecule has 5 rings (SSSR count). The molecule has 0 spiro atoms. The van der Waals surface area contributed by atoms with Crippen molar-refractivity contribution < 1.29 is 9.53 Å². The molecule has 7 heteroatoms. The highest BCUT2D eigenvalue weighted by atomic mass is 16.5. The highest BCUT2D eigenvalue weighted by molar-refractivity contribution is 5.95. The van der Waals surface area contributed by atoms with Crippen LogP contribution in [0.15, 0.2) is 60.7 Å². The number of rotatable bonds is 5. The van der Waals surface area contributed by atoms with Gasteiger partial charge in [-0.25, -0.2) is 9.97 Å². The van der Waals surface area contributed by atoms with Crippen LogP contribution in [0.3, 0.4) is 0 Å². The number of carbonyl (C=O) groups excluding carboxylic acids is 1. The van der Waals surface area contributed by atoms with Crippen LogP contribution in [-0.4, -0.2) is 40.6 Å². The lowest BCUT2D eigenvalue weighted by Gasteiger charge is -2.24. The molecule has 1 aliphatic heterocycles. The summed E-state index contributed by atoms with van der Waals surface area (Å²) < 4.78 is 5.37. The van der Waals surface area contributed by atoms with Crippen LogP contribution < -0.4 is 15.4 Å². The molecule has 2 aromatic carbocycles. The minimum atomic E-state index is -0.364. The summed E-state index contributed by atoms with van der Waals surface area (Å²) in [4.78, 5) is 27.2. The Hall–Kier alpha value is -3.87. The van der Waals surface area contributed by atoms with Crippen molar-refractivity contribution >= 4 is 22.8 Å². The first-order valence-corrected chi connectivity index (χ1v) is 10.3. The van der Waals surface area contributed by atoms with Crippen molar-refractivity contribution in [3.05, 3.63) is 60.7 Å². The van der Waals surface area contributed by atoms with E-state index in [0.717, 1.165) is 58.8 Å². The zero-order valence-electron chi connectivity index (χ0n) is 17.2. The van der Waals surface area contributed by atoms with Gasteiger partial charge in [-0.05, 0) is 31.0 Å². The Kier molecular flexibility index (Phi) is 4.78. The van der Waals surface area contributed by atoms with Gasteiger partial charge in [-0.1, -0.05) is 42.5 Å². The average Bonchev–Trinajstić information content (AvgIpc) is 3.46. The highest BCUT2D eigenvalue weighted by Crippen LogP contribution is 2.35. The number of ether oxygens (including phenoxy) is 1. The number of hydrogen-bond donors (Lipinski definition) is 2. The van der Waals surface area contributed by atoms with E-state index >= 15 is 0 Å². The van der Waals surface area contributed by atoms with Gasteiger partial charge >= 0.3 is 0 Å². The number of nitrogens with one attached hydrogen (secondary N) is 1. The number of nitrogens with two attached hydrogens (primary N) is 1. The summed E-state index contributed by atoms with van der Waals surface area (Å²) in [5, 5.41) is 0.866. The second-order valence-electron chi connectivity index (χ2n) is 7.67. The maximum Gasteiger partial charge on any atom is 0.240 e. The fraction of sp³-hybridized carbons (Fsp3) is 0.208. The maximum atomic E-state index is 12.1. The summed E-state index contributed by atoms with van der Waals surface area (Å²) in [6.07, 6.45) is 1.63. The minimum absolute atomic E-state index is 0.325. The van der Waals surface area contributed by atoms with Crippen molar-refractivity contribution in [2.45, 2.75) is 18.9 Å². The number of fused-ring (bicyclic) bond motifs is 1. The Morgan fingerprint density at radius 3 is 2.68 bits per heavy atom. The Labute approximate surface area is 179 Å². The highest BCUT2D eigenvalue weighted by Gasteiger charge is 2.32. The van der Waals surface area contributed by atoms with Gasteiger partial charge in [0.05, 0.1) is 12.5 Å². The number of aromatic nitrogens is 3. The van der Waals surface area contributed by atoms with Gasteiger partial charge in [0, 0.05) is 23.4 Å². The van der Waals surface area contributed by atoms with Crippen LogP contribution in [0.4, 0.5) is 5.82 Å². The Bertz CT molecular complexity index is 1250. The largest absolute Gasteiger partial charge is 0.497 e. The molecule has 1 aliphatic rings. The molecule has 156 valence electrons. The second kappa shape index (κ2) is 7.75. The van der Waals surface area contributed by atoms with Gasteiger partial charge < -0.3 is 20.4 Å². The van der Waals surface area contributed by atoms with Crippen molar-refractivity contribution in [3.8, 4) is 28.4 Å². The molecule has 3 heterocycles. The molecule has 1 amide bonds. The predicted molar refractivity (Wildman–Crippen MR) is 121 cm³/mol. The Morgan fingerprint density at radius 2 is 1.90 bits per heavy atom. The summed E-state index contributed by atoms with van der Waals surface area (Å²) in [5.74, 6) is 1.79. The summed E-state index contributed by atoms with van der Waals surface area (Å²) in [6.45, 7) is 0.730. The fourth-order valence-corrected chi connectivity index (χ4v) is 4.19. The molecular weight excluding hydrogens is 390 g/mol. The molecule has 3 N–H and O–H groups in total. The average molecular weight is 413 g/mol. The van der Waals surface area contributed by atoms with Crippen LogP contribution >= 0.6 is 0 Å². The molecule has 2 aromatic heterocycles. The molecule has 1 saturated heterocycles. The number of hydrogen-bond acceptors (Lipinski definition) is 5. The van der Waals surface area contributed by atoms with E-state index in [1.165, 1.54) is 0 Å². The van der Waals surface area contributed by atoms with Crippen molar-refractivity contribution in [2.24, 2.45) is 5.73 Å². The number of H-pyrrole nitrogens is 1. The standard InChI is InChI=1S/C24H23N5O2/c1-31-17-10-5-9-16(13-17)19-14-18-23(26-19)27-22(15-7-3-2-4-8-15)28-24(18)29-12-6-11-20(29)21(25)30/h2-5,7-10,13-14,20H,6,11-12H2,1H3,(H2,25,30)(H,26,27,28)/t20-/m1/s1. The van der Waals surface area contributed by atoms with E-state index in [9.17, 15) is 4.79 Å².